The number of fused-ring (bicyclic) bond motifs is 1. The van der Waals surface area contributed by atoms with E-state index in [0.717, 1.165) is 43.0 Å². The highest BCUT2D eigenvalue weighted by Crippen LogP contribution is 2.22. The smallest absolute Gasteiger partial charge is 0.187 e. The third-order valence-corrected chi connectivity index (χ3v) is 5.65. The monoisotopic (exact) mass is 408 g/mol. The van der Waals surface area contributed by atoms with E-state index >= 15 is 0 Å². The molecular formula is C20H21ClN8. The third kappa shape index (κ3) is 3.73. The highest BCUT2D eigenvalue weighted by molar-refractivity contribution is 6.30. The first-order valence-corrected chi connectivity index (χ1v) is 10.1. The molecule has 1 aliphatic heterocycles. The Bertz CT molecular complexity index is 1130. The minimum absolute atomic E-state index is 0.471. The van der Waals surface area contributed by atoms with E-state index in [1.165, 1.54) is 0 Å². The van der Waals surface area contributed by atoms with Gasteiger partial charge in [0, 0.05) is 17.6 Å². The number of rotatable bonds is 4. The number of hydrogen-bond acceptors (Lipinski definition) is 6. The molecule has 0 amide bonds. The molecule has 0 radical (unpaired) electrons. The maximum atomic E-state index is 5.99. The quantitative estimate of drug-likeness (QED) is 0.516. The lowest BCUT2D eigenvalue weighted by molar-refractivity contribution is 0.212. The van der Waals surface area contributed by atoms with Gasteiger partial charge in [-0.1, -0.05) is 16.8 Å². The molecule has 0 spiro atoms. The van der Waals surface area contributed by atoms with Crippen LogP contribution in [0.15, 0.2) is 42.9 Å². The number of aromatic nitrogens is 7. The SMILES string of the molecule is CN1CCC(n2cc(Cc3ncc4nnn(-c5ccc(Cl)cc5)c4n3)cn2)CC1. The highest BCUT2D eigenvalue weighted by Gasteiger charge is 2.19. The van der Waals surface area contributed by atoms with Crippen LogP contribution in [0.5, 0.6) is 0 Å². The fraction of sp³-hybridized carbons (Fsp3) is 0.350. The predicted octanol–water partition coefficient (Wildman–Crippen LogP) is 2.92. The molecule has 1 aromatic carbocycles. The zero-order chi connectivity index (χ0) is 19.8. The lowest BCUT2D eigenvalue weighted by Gasteiger charge is -2.28. The minimum atomic E-state index is 0.471. The van der Waals surface area contributed by atoms with Crippen LogP contribution in [0.3, 0.4) is 0 Å². The number of benzene rings is 1. The lowest BCUT2D eigenvalue weighted by atomic mass is 10.1. The molecule has 1 saturated heterocycles. The van der Waals surface area contributed by atoms with E-state index in [1.54, 1.807) is 10.9 Å². The van der Waals surface area contributed by atoms with E-state index in [2.05, 4.69) is 43.2 Å². The summed E-state index contributed by atoms with van der Waals surface area (Å²) in [6, 6.07) is 7.90. The van der Waals surface area contributed by atoms with E-state index in [4.69, 9.17) is 16.6 Å². The Balaban J connectivity index is 1.38. The summed E-state index contributed by atoms with van der Waals surface area (Å²) in [5.41, 5.74) is 3.30. The van der Waals surface area contributed by atoms with Crippen LogP contribution in [0.1, 0.15) is 30.3 Å². The normalized spacial score (nSPS) is 15.9. The first-order chi connectivity index (χ1) is 14.2. The third-order valence-electron chi connectivity index (χ3n) is 5.39. The molecule has 148 valence electrons. The average Bonchev–Trinajstić information content (AvgIpc) is 3.36. The van der Waals surface area contributed by atoms with Gasteiger partial charge in [-0.25, -0.2) is 9.97 Å². The van der Waals surface area contributed by atoms with Crippen molar-refractivity contribution in [3.05, 3.63) is 59.3 Å². The van der Waals surface area contributed by atoms with Crippen LogP contribution >= 0.6 is 11.6 Å². The molecule has 8 nitrogen and oxygen atoms in total. The fourth-order valence-corrected chi connectivity index (χ4v) is 3.84. The summed E-state index contributed by atoms with van der Waals surface area (Å²) < 4.78 is 3.80. The first-order valence-electron chi connectivity index (χ1n) is 9.70. The van der Waals surface area contributed by atoms with Gasteiger partial charge in [0.15, 0.2) is 11.2 Å². The molecule has 4 aromatic rings. The summed E-state index contributed by atoms with van der Waals surface area (Å²) >= 11 is 5.99. The van der Waals surface area contributed by atoms with Crippen molar-refractivity contribution in [1.82, 2.24) is 39.6 Å². The summed E-state index contributed by atoms with van der Waals surface area (Å²) in [6.07, 6.45) is 8.64. The molecule has 4 heterocycles. The van der Waals surface area contributed by atoms with Gasteiger partial charge in [0.1, 0.15) is 5.82 Å². The molecule has 0 atom stereocenters. The molecule has 1 aliphatic rings. The predicted molar refractivity (Wildman–Crippen MR) is 110 cm³/mol. The Morgan fingerprint density at radius 1 is 1.10 bits per heavy atom. The topological polar surface area (TPSA) is 77.5 Å². The van der Waals surface area contributed by atoms with Crippen molar-refractivity contribution < 1.29 is 0 Å². The van der Waals surface area contributed by atoms with Gasteiger partial charge in [-0.15, -0.1) is 5.10 Å². The largest absolute Gasteiger partial charge is 0.306 e. The van der Waals surface area contributed by atoms with Crippen molar-refractivity contribution in [2.24, 2.45) is 0 Å². The molecule has 3 aromatic heterocycles. The van der Waals surface area contributed by atoms with Crippen LogP contribution < -0.4 is 0 Å². The fourth-order valence-electron chi connectivity index (χ4n) is 3.72. The van der Waals surface area contributed by atoms with E-state index in [-0.39, 0.29) is 0 Å². The van der Waals surface area contributed by atoms with E-state index in [1.807, 2.05) is 30.5 Å². The molecule has 1 fully saturated rings. The lowest BCUT2D eigenvalue weighted by Crippen LogP contribution is -2.31. The highest BCUT2D eigenvalue weighted by atomic mass is 35.5. The number of nitrogens with zero attached hydrogens (tertiary/aromatic N) is 8. The zero-order valence-electron chi connectivity index (χ0n) is 16.1. The first kappa shape index (κ1) is 18.2. The molecule has 0 N–H and O–H groups in total. The van der Waals surface area contributed by atoms with Gasteiger partial charge in [-0.3, -0.25) is 4.68 Å². The number of hydrogen-bond donors (Lipinski definition) is 0. The number of likely N-dealkylation sites (tertiary alicyclic amines) is 1. The van der Waals surface area contributed by atoms with Crippen LogP contribution in [0, 0.1) is 0 Å². The van der Waals surface area contributed by atoms with Gasteiger partial charge in [-0.05, 0) is 62.8 Å². The molecule has 0 saturated carbocycles. The molecule has 9 heteroatoms. The molecule has 29 heavy (non-hydrogen) atoms. The summed E-state index contributed by atoms with van der Waals surface area (Å²) in [7, 11) is 2.17. The Morgan fingerprint density at radius 3 is 2.69 bits per heavy atom. The second kappa shape index (κ2) is 7.53. The van der Waals surface area contributed by atoms with Gasteiger partial charge in [-0.2, -0.15) is 9.78 Å². The summed E-state index contributed by atoms with van der Waals surface area (Å²) in [5.74, 6) is 0.720. The zero-order valence-corrected chi connectivity index (χ0v) is 16.9. The summed E-state index contributed by atoms with van der Waals surface area (Å²) in [6.45, 7) is 2.22. The second-order valence-corrected chi connectivity index (χ2v) is 7.95. The maximum absolute atomic E-state index is 5.99. The van der Waals surface area contributed by atoms with Gasteiger partial charge >= 0.3 is 0 Å². The van der Waals surface area contributed by atoms with E-state index in [0.29, 0.717) is 28.6 Å². The van der Waals surface area contributed by atoms with Crippen LogP contribution in [-0.2, 0) is 6.42 Å². The van der Waals surface area contributed by atoms with Gasteiger partial charge in [0.05, 0.1) is 24.1 Å². The van der Waals surface area contributed by atoms with Gasteiger partial charge in [0.25, 0.3) is 0 Å². The van der Waals surface area contributed by atoms with Crippen LogP contribution in [0.4, 0.5) is 0 Å². The molecule has 0 bridgehead atoms. The molecule has 0 unspecified atom stereocenters. The molecule has 0 aliphatic carbocycles. The summed E-state index contributed by atoms with van der Waals surface area (Å²) in [5, 5.41) is 13.6. The van der Waals surface area contributed by atoms with Crippen LogP contribution in [0.2, 0.25) is 5.02 Å². The van der Waals surface area contributed by atoms with Gasteiger partial charge in [0.2, 0.25) is 0 Å². The van der Waals surface area contributed by atoms with Crippen molar-refractivity contribution in [3.8, 4) is 5.69 Å². The molecular weight excluding hydrogens is 388 g/mol. The van der Waals surface area contributed by atoms with E-state index < -0.39 is 0 Å². The van der Waals surface area contributed by atoms with Crippen molar-refractivity contribution in [2.45, 2.75) is 25.3 Å². The number of halogens is 1. The molecule has 5 rings (SSSR count). The summed E-state index contributed by atoms with van der Waals surface area (Å²) in [4.78, 5) is 11.5. The van der Waals surface area contributed by atoms with Gasteiger partial charge < -0.3 is 4.90 Å². The standard InChI is InChI=1S/C20H21ClN8/c1-27-8-6-16(7-9-27)28-13-14(11-23-28)10-19-22-12-18-20(24-19)29(26-25-18)17-4-2-15(21)3-5-17/h2-5,11-13,16H,6-10H2,1H3. The Labute approximate surface area is 173 Å². The van der Waals surface area contributed by atoms with Crippen LogP contribution in [-0.4, -0.2) is 59.8 Å². The maximum Gasteiger partial charge on any atom is 0.187 e. The average molecular weight is 409 g/mol. The second-order valence-electron chi connectivity index (χ2n) is 7.51. The minimum Gasteiger partial charge on any atom is -0.306 e. The Morgan fingerprint density at radius 2 is 1.90 bits per heavy atom. The van der Waals surface area contributed by atoms with E-state index in [9.17, 15) is 0 Å². The number of piperidine rings is 1. The Hall–Kier alpha value is -2.84. The van der Waals surface area contributed by atoms with Crippen molar-refractivity contribution in [2.75, 3.05) is 20.1 Å². The van der Waals surface area contributed by atoms with Crippen molar-refractivity contribution in [1.29, 1.82) is 0 Å². The Kier molecular flexibility index (Phi) is 4.73. The van der Waals surface area contributed by atoms with Crippen LogP contribution in [0.25, 0.3) is 16.9 Å². The van der Waals surface area contributed by atoms with Crippen molar-refractivity contribution in [3.63, 3.8) is 0 Å². The van der Waals surface area contributed by atoms with Crippen molar-refractivity contribution >= 4 is 22.8 Å².